The van der Waals surface area contributed by atoms with Crippen molar-refractivity contribution in [3.05, 3.63) is 58.7 Å². The van der Waals surface area contributed by atoms with Crippen molar-refractivity contribution in [1.29, 1.82) is 0 Å². The quantitative estimate of drug-likeness (QED) is 0.405. The van der Waals surface area contributed by atoms with E-state index >= 15 is 0 Å². The summed E-state index contributed by atoms with van der Waals surface area (Å²) in [5, 5.41) is 9.59. The Morgan fingerprint density at radius 3 is 2.69 bits per heavy atom. The van der Waals surface area contributed by atoms with Gasteiger partial charge in [0.15, 0.2) is 0 Å². The maximum absolute atomic E-state index is 14.5. The van der Waals surface area contributed by atoms with Gasteiger partial charge in [0.2, 0.25) is 0 Å². The first-order valence-electron chi connectivity index (χ1n) is 11.6. The van der Waals surface area contributed by atoms with Crippen molar-refractivity contribution in [1.82, 2.24) is 15.1 Å². The molecule has 3 aromatic rings. The Balaban J connectivity index is 1.64. The number of benzene rings is 2. The highest BCUT2D eigenvalue weighted by atomic mass is 35.5. The summed E-state index contributed by atoms with van der Waals surface area (Å²) in [5.74, 6) is -1.32. The van der Waals surface area contributed by atoms with Crippen LogP contribution in [0.3, 0.4) is 0 Å². The molecule has 1 aliphatic rings. The summed E-state index contributed by atoms with van der Waals surface area (Å²) in [4.78, 5) is 27.4. The van der Waals surface area contributed by atoms with Crippen molar-refractivity contribution in [2.45, 2.75) is 57.8 Å². The number of nitrogens with one attached hydrogen (secondary N) is 2. The van der Waals surface area contributed by atoms with E-state index in [1.807, 2.05) is 0 Å². The third-order valence-electron chi connectivity index (χ3n) is 5.74. The summed E-state index contributed by atoms with van der Waals surface area (Å²) in [5.41, 5.74) is -0.119. The van der Waals surface area contributed by atoms with E-state index in [1.165, 1.54) is 35.4 Å². The van der Waals surface area contributed by atoms with Crippen LogP contribution in [0.15, 0.2) is 36.5 Å². The number of amides is 2. The molecule has 1 aliphatic heterocycles. The topological polar surface area (TPSA) is 96.5 Å². The van der Waals surface area contributed by atoms with Gasteiger partial charge in [-0.15, -0.1) is 0 Å². The van der Waals surface area contributed by atoms with Crippen LogP contribution in [0.1, 0.15) is 51.7 Å². The Hall–Kier alpha value is -3.40. The molecule has 2 heterocycles. The van der Waals surface area contributed by atoms with Crippen molar-refractivity contribution in [2.24, 2.45) is 0 Å². The summed E-state index contributed by atoms with van der Waals surface area (Å²) in [6.45, 7) is 5.63. The lowest BCUT2D eigenvalue weighted by Crippen LogP contribution is -2.49. The summed E-state index contributed by atoms with van der Waals surface area (Å²) < 4.78 is 40.1. The number of hydrogen-bond acceptors (Lipinski definition) is 5. The van der Waals surface area contributed by atoms with Gasteiger partial charge in [0, 0.05) is 23.0 Å². The maximum atomic E-state index is 14.5. The Labute approximate surface area is 211 Å². The van der Waals surface area contributed by atoms with Gasteiger partial charge in [0.25, 0.3) is 0 Å². The molecule has 2 aromatic carbocycles. The molecule has 0 unspecified atom stereocenters. The number of hydrogen-bond donors (Lipinski definition) is 2. The van der Waals surface area contributed by atoms with E-state index in [1.54, 1.807) is 20.8 Å². The first kappa shape index (κ1) is 25.7. The number of carbonyl (C=O) groups is 2. The molecule has 0 bridgehead atoms. The zero-order valence-electron chi connectivity index (χ0n) is 20.1. The zero-order valence-corrected chi connectivity index (χ0v) is 20.9. The number of fused-ring (bicyclic) bond motifs is 1. The van der Waals surface area contributed by atoms with Crippen LogP contribution in [-0.4, -0.2) is 45.5 Å². The maximum Gasteiger partial charge on any atom is 0.412 e. The van der Waals surface area contributed by atoms with Crippen LogP contribution in [0.2, 0.25) is 5.02 Å². The lowest BCUT2D eigenvalue weighted by atomic mass is 9.93. The molecule has 2 amide bonds. The summed E-state index contributed by atoms with van der Waals surface area (Å²) in [6.07, 6.45) is 0.808. The fraction of sp³-hybridized carbons (Fsp3) is 0.400. The predicted molar refractivity (Wildman–Crippen MR) is 131 cm³/mol. The number of nitrogens with zero attached hydrogens (tertiary/aromatic N) is 2. The van der Waals surface area contributed by atoms with Crippen LogP contribution < -0.4 is 5.32 Å². The van der Waals surface area contributed by atoms with E-state index in [0.717, 1.165) is 18.9 Å². The highest BCUT2D eigenvalue weighted by Gasteiger charge is 2.38. The van der Waals surface area contributed by atoms with Gasteiger partial charge in [0.1, 0.15) is 23.3 Å². The molecule has 2 atom stereocenters. The molecular weight excluding hydrogens is 494 g/mol. The minimum Gasteiger partial charge on any atom is -0.444 e. The van der Waals surface area contributed by atoms with Crippen molar-refractivity contribution in [3.8, 4) is 0 Å². The minimum atomic E-state index is -1.09. The monoisotopic (exact) mass is 520 g/mol. The van der Waals surface area contributed by atoms with E-state index in [4.69, 9.17) is 21.1 Å². The number of anilines is 1. The molecular formula is C25H27ClF2N4O4. The number of halogens is 3. The van der Waals surface area contributed by atoms with E-state index in [9.17, 15) is 18.4 Å². The Bertz CT molecular complexity index is 1260. The minimum absolute atomic E-state index is 0.107. The van der Waals surface area contributed by atoms with Gasteiger partial charge < -0.3 is 14.4 Å². The fourth-order valence-electron chi connectivity index (χ4n) is 4.24. The first-order valence-corrected chi connectivity index (χ1v) is 11.9. The molecule has 1 fully saturated rings. The van der Waals surface area contributed by atoms with E-state index < -0.39 is 41.6 Å². The van der Waals surface area contributed by atoms with Gasteiger partial charge >= 0.3 is 12.2 Å². The van der Waals surface area contributed by atoms with Gasteiger partial charge in [-0.1, -0.05) is 11.6 Å². The lowest BCUT2D eigenvalue weighted by Gasteiger charge is -2.40. The number of aromatic amines is 1. The molecule has 8 nitrogen and oxygen atoms in total. The smallest absolute Gasteiger partial charge is 0.412 e. The van der Waals surface area contributed by atoms with Gasteiger partial charge in [0.05, 0.1) is 23.4 Å². The number of ether oxygens (including phenoxy) is 2. The van der Waals surface area contributed by atoms with Gasteiger partial charge in [-0.05, 0) is 69.9 Å². The van der Waals surface area contributed by atoms with Gasteiger partial charge in [-0.25, -0.2) is 18.4 Å². The third-order valence-corrected chi connectivity index (χ3v) is 5.96. The number of piperidine rings is 1. The van der Waals surface area contributed by atoms with Gasteiger partial charge in [-0.3, -0.25) is 10.4 Å². The van der Waals surface area contributed by atoms with Crippen LogP contribution in [-0.2, 0) is 9.47 Å². The van der Waals surface area contributed by atoms with Crippen molar-refractivity contribution < 1.29 is 27.8 Å². The molecule has 1 aromatic heterocycles. The zero-order chi connectivity index (χ0) is 26.0. The molecule has 4 rings (SSSR count). The van der Waals surface area contributed by atoms with Crippen molar-refractivity contribution in [2.75, 3.05) is 11.9 Å². The van der Waals surface area contributed by atoms with Crippen molar-refractivity contribution in [3.63, 3.8) is 0 Å². The molecule has 2 N–H and O–H groups in total. The van der Waals surface area contributed by atoms with E-state index in [2.05, 4.69) is 15.5 Å². The number of carbonyl (C=O) groups excluding carboxylic acids is 2. The average Bonchev–Trinajstić information content (AvgIpc) is 3.23. The van der Waals surface area contributed by atoms with Crippen molar-refractivity contribution >= 4 is 40.4 Å². The second-order valence-corrected chi connectivity index (χ2v) is 10.1. The summed E-state index contributed by atoms with van der Waals surface area (Å²) >= 11 is 6.09. The number of aromatic nitrogens is 2. The van der Waals surface area contributed by atoms with Crippen LogP contribution in [0.25, 0.3) is 10.9 Å². The van der Waals surface area contributed by atoms with Crippen LogP contribution in [0.5, 0.6) is 0 Å². The highest BCUT2D eigenvalue weighted by molar-refractivity contribution is 6.30. The SMILES string of the molecule is CC(C)(C)OC(=O)N1CCCC[C@H]1[C@@H](OC(=O)Nc1cc2cn[nH]c2cc1F)c1cc(F)cc(Cl)c1. The standard InChI is InChI=1S/C25H27ClF2N4O4/c1-25(2,3)36-24(34)32-7-5-4-6-21(32)22(14-8-16(26)11-17(27)9-14)35-23(33)30-20-10-15-13-29-31-19(15)12-18(20)28/h8-13,21-22H,4-7H2,1-3H3,(H,29,31)(H,30,33)/t21-,22-/m0/s1. The predicted octanol–water partition coefficient (Wildman–Crippen LogP) is 6.57. The lowest BCUT2D eigenvalue weighted by molar-refractivity contribution is -0.0200. The largest absolute Gasteiger partial charge is 0.444 e. The molecule has 192 valence electrons. The molecule has 11 heteroatoms. The fourth-order valence-corrected chi connectivity index (χ4v) is 4.47. The average molecular weight is 521 g/mol. The Morgan fingerprint density at radius 1 is 1.19 bits per heavy atom. The second kappa shape index (κ2) is 10.3. The summed E-state index contributed by atoms with van der Waals surface area (Å²) in [7, 11) is 0. The molecule has 36 heavy (non-hydrogen) atoms. The van der Waals surface area contributed by atoms with Crippen LogP contribution in [0, 0.1) is 11.6 Å². The first-order chi connectivity index (χ1) is 17.0. The van der Waals surface area contributed by atoms with E-state index in [-0.39, 0.29) is 16.3 Å². The Kier molecular flexibility index (Phi) is 7.35. The molecule has 1 saturated heterocycles. The Morgan fingerprint density at radius 2 is 1.97 bits per heavy atom. The molecule has 0 aliphatic carbocycles. The summed E-state index contributed by atoms with van der Waals surface area (Å²) in [6, 6.07) is 5.76. The van der Waals surface area contributed by atoms with E-state index in [0.29, 0.717) is 23.9 Å². The molecule has 0 radical (unpaired) electrons. The van der Waals surface area contributed by atoms with Crippen LogP contribution >= 0.6 is 11.6 Å². The number of rotatable bonds is 4. The van der Waals surface area contributed by atoms with Crippen LogP contribution in [0.4, 0.5) is 24.1 Å². The highest BCUT2D eigenvalue weighted by Crippen LogP contribution is 2.35. The normalized spacial score (nSPS) is 17.1. The second-order valence-electron chi connectivity index (χ2n) is 9.68. The van der Waals surface area contributed by atoms with Gasteiger partial charge in [-0.2, -0.15) is 5.10 Å². The number of likely N-dealkylation sites (tertiary alicyclic amines) is 1. The molecule has 0 saturated carbocycles. The number of H-pyrrole nitrogens is 1. The molecule has 0 spiro atoms. The third kappa shape index (κ3) is 6.04.